The predicted octanol–water partition coefficient (Wildman–Crippen LogP) is 2.16. The largest absolute Gasteiger partial charge is 0.467 e. The first-order valence-electron chi connectivity index (χ1n) is 5.56. The highest BCUT2D eigenvalue weighted by Gasteiger charge is 2.35. The summed E-state index contributed by atoms with van der Waals surface area (Å²) in [5.41, 5.74) is 4.81. The number of hydrogen-bond donors (Lipinski definition) is 2. The van der Waals surface area contributed by atoms with Crippen molar-refractivity contribution in [2.75, 3.05) is 0 Å². The molecule has 1 aromatic rings. The Hall–Kier alpha value is -1.36. The van der Waals surface area contributed by atoms with Gasteiger partial charge < -0.3 is 15.5 Å². The minimum atomic E-state index is -0.809. The molecular weight excluding hydrogens is 236 g/mol. The van der Waals surface area contributed by atoms with Crippen molar-refractivity contribution < 1.29 is 9.21 Å². The third kappa shape index (κ3) is 2.85. The van der Waals surface area contributed by atoms with Crippen LogP contribution in [0.15, 0.2) is 22.8 Å². The van der Waals surface area contributed by atoms with Crippen molar-refractivity contribution in [2.24, 2.45) is 11.1 Å². The van der Waals surface area contributed by atoms with E-state index in [2.05, 4.69) is 5.32 Å². The topological polar surface area (TPSA) is 68.3 Å². The Balaban J connectivity index is 2.75. The molecule has 2 atom stereocenters. The molecule has 0 fully saturated rings. The predicted molar refractivity (Wildman–Crippen MR) is 70.4 cm³/mol. The summed E-state index contributed by atoms with van der Waals surface area (Å²) in [6.45, 7) is 5.49. The lowest BCUT2D eigenvalue weighted by molar-refractivity contribution is -0.127. The van der Waals surface area contributed by atoms with Gasteiger partial charge in [0.1, 0.15) is 5.76 Å². The van der Waals surface area contributed by atoms with Crippen LogP contribution in [-0.4, -0.2) is 10.9 Å². The normalized spacial score (nSPS) is 15.9. The maximum atomic E-state index is 12.1. The van der Waals surface area contributed by atoms with Gasteiger partial charge in [-0.15, -0.1) is 0 Å². The molecule has 5 heteroatoms. The van der Waals surface area contributed by atoms with Crippen LogP contribution in [0.1, 0.15) is 39.0 Å². The fourth-order valence-electron chi connectivity index (χ4n) is 1.41. The van der Waals surface area contributed by atoms with Crippen LogP contribution in [0.2, 0.25) is 0 Å². The van der Waals surface area contributed by atoms with Crippen LogP contribution in [-0.2, 0) is 4.79 Å². The average molecular weight is 254 g/mol. The number of rotatable bonds is 5. The van der Waals surface area contributed by atoms with Crippen LogP contribution < -0.4 is 11.1 Å². The molecule has 17 heavy (non-hydrogen) atoms. The second kappa shape index (κ2) is 5.31. The first kappa shape index (κ1) is 13.7. The Morgan fingerprint density at radius 3 is 2.76 bits per heavy atom. The quantitative estimate of drug-likeness (QED) is 0.790. The average Bonchev–Trinajstić information content (AvgIpc) is 2.80. The maximum absolute atomic E-state index is 12.1. The molecule has 1 heterocycles. The standard InChI is InChI=1S/C12H18N2O2S/c1-4-12(3,10(13)17)11(15)14-8(2)9-6-5-7-16-9/h5-8H,4H2,1-3H3,(H2,13,17)(H,14,15). The first-order valence-corrected chi connectivity index (χ1v) is 5.97. The molecule has 1 aromatic heterocycles. The number of furan rings is 1. The lowest BCUT2D eigenvalue weighted by Crippen LogP contribution is -2.47. The van der Waals surface area contributed by atoms with Crippen molar-refractivity contribution >= 4 is 23.1 Å². The van der Waals surface area contributed by atoms with Gasteiger partial charge in [0.25, 0.3) is 0 Å². The Kier molecular flexibility index (Phi) is 4.28. The highest BCUT2D eigenvalue weighted by Crippen LogP contribution is 2.23. The summed E-state index contributed by atoms with van der Waals surface area (Å²) in [7, 11) is 0. The first-order chi connectivity index (χ1) is 7.91. The van der Waals surface area contributed by atoms with Crippen LogP contribution in [0.25, 0.3) is 0 Å². The third-order valence-electron chi connectivity index (χ3n) is 3.07. The summed E-state index contributed by atoms with van der Waals surface area (Å²) >= 11 is 4.95. The number of carbonyl (C=O) groups is 1. The number of amides is 1. The van der Waals surface area contributed by atoms with E-state index in [1.807, 2.05) is 19.9 Å². The second-order valence-electron chi connectivity index (χ2n) is 4.26. The second-order valence-corrected chi connectivity index (χ2v) is 4.70. The minimum Gasteiger partial charge on any atom is -0.467 e. The van der Waals surface area contributed by atoms with Crippen molar-refractivity contribution in [2.45, 2.75) is 33.2 Å². The van der Waals surface area contributed by atoms with Gasteiger partial charge in [-0.3, -0.25) is 4.79 Å². The molecule has 4 nitrogen and oxygen atoms in total. The van der Waals surface area contributed by atoms with E-state index in [0.717, 1.165) is 0 Å². The Morgan fingerprint density at radius 1 is 1.71 bits per heavy atom. The lowest BCUT2D eigenvalue weighted by Gasteiger charge is -2.27. The van der Waals surface area contributed by atoms with E-state index in [1.165, 1.54) is 0 Å². The van der Waals surface area contributed by atoms with Crippen LogP contribution in [0, 0.1) is 5.41 Å². The van der Waals surface area contributed by atoms with Crippen LogP contribution >= 0.6 is 12.2 Å². The zero-order chi connectivity index (χ0) is 13.1. The summed E-state index contributed by atoms with van der Waals surface area (Å²) < 4.78 is 5.22. The number of nitrogens with two attached hydrogens (primary N) is 1. The lowest BCUT2D eigenvalue weighted by atomic mass is 9.86. The molecule has 3 N–H and O–H groups in total. The zero-order valence-corrected chi connectivity index (χ0v) is 11.1. The van der Waals surface area contributed by atoms with Gasteiger partial charge in [-0.1, -0.05) is 19.1 Å². The molecule has 0 radical (unpaired) electrons. The van der Waals surface area contributed by atoms with Gasteiger partial charge in [0.15, 0.2) is 0 Å². The molecule has 2 unspecified atom stereocenters. The molecule has 0 spiro atoms. The number of thiocarbonyl (C=S) groups is 1. The number of hydrogen-bond acceptors (Lipinski definition) is 3. The summed E-state index contributed by atoms with van der Waals surface area (Å²) in [4.78, 5) is 12.3. The third-order valence-corrected chi connectivity index (χ3v) is 3.52. The van der Waals surface area contributed by atoms with Gasteiger partial charge in [-0.2, -0.15) is 0 Å². The van der Waals surface area contributed by atoms with E-state index in [0.29, 0.717) is 12.2 Å². The summed E-state index contributed by atoms with van der Waals surface area (Å²) in [6, 6.07) is 3.40. The molecule has 1 rings (SSSR count). The van der Waals surface area contributed by atoms with E-state index < -0.39 is 5.41 Å². The van der Waals surface area contributed by atoms with Crippen molar-refractivity contribution in [3.8, 4) is 0 Å². The maximum Gasteiger partial charge on any atom is 0.233 e. The van der Waals surface area contributed by atoms with E-state index >= 15 is 0 Å². The van der Waals surface area contributed by atoms with Crippen LogP contribution in [0.3, 0.4) is 0 Å². The van der Waals surface area contributed by atoms with Gasteiger partial charge in [0.05, 0.1) is 22.7 Å². The summed E-state index contributed by atoms with van der Waals surface area (Å²) in [6.07, 6.45) is 2.14. The van der Waals surface area contributed by atoms with Gasteiger partial charge in [0, 0.05) is 0 Å². The van der Waals surface area contributed by atoms with E-state index in [1.54, 1.807) is 19.3 Å². The zero-order valence-electron chi connectivity index (χ0n) is 10.3. The summed E-state index contributed by atoms with van der Waals surface area (Å²) in [5.74, 6) is 0.538. The van der Waals surface area contributed by atoms with E-state index in [9.17, 15) is 4.79 Å². The van der Waals surface area contributed by atoms with Gasteiger partial charge in [0.2, 0.25) is 5.91 Å². The van der Waals surface area contributed by atoms with Crippen molar-refractivity contribution in [1.29, 1.82) is 0 Å². The molecular formula is C12H18N2O2S. The molecule has 1 amide bonds. The summed E-state index contributed by atoms with van der Waals surface area (Å²) in [5, 5.41) is 2.85. The fraction of sp³-hybridized carbons (Fsp3) is 0.500. The molecule has 0 aliphatic carbocycles. The van der Waals surface area contributed by atoms with Crippen molar-refractivity contribution in [3.05, 3.63) is 24.2 Å². The van der Waals surface area contributed by atoms with E-state index in [4.69, 9.17) is 22.4 Å². The van der Waals surface area contributed by atoms with Gasteiger partial charge in [-0.25, -0.2) is 0 Å². The number of nitrogens with one attached hydrogen (secondary N) is 1. The van der Waals surface area contributed by atoms with Crippen LogP contribution in [0.5, 0.6) is 0 Å². The molecule has 94 valence electrons. The Labute approximate surface area is 107 Å². The van der Waals surface area contributed by atoms with Crippen LogP contribution in [0.4, 0.5) is 0 Å². The van der Waals surface area contributed by atoms with Crippen molar-refractivity contribution in [3.63, 3.8) is 0 Å². The van der Waals surface area contributed by atoms with Gasteiger partial charge in [-0.05, 0) is 32.4 Å². The highest BCUT2D eigenvalue weighted by atomic mass is 32.1. The monoisotopic (exact) mass is 254 g/mol. The van der Waals surface area contributed by atoms with E-state index in [-0.39, 0.29) is 16.9 Å². The molecule has 0 saturated carbocycles. The van der Waals surface area contributed by atoms with Crippen molar-refractivity contribution in [1.82, 2.24) is 5.32 Å². The Bertz CT molecular complexity index is 403. The molecule has 0 bridgehead atoms. The molecule has 0 aliphatic heterocycles. The SMILES string of the molecule is CCC(C)(C(=O)NC(C)c1ccco1)C(N)=S. The highest BCUT2D eigenvalue weighted by molar-refractivity contribution is 7.80. The fourth-order valence-corrected chi connectivity index (χ4v) is 1.65. The van der Waals surface area contributed by atoms with Gasteiger partial charge >= 0.3 is 0 Å². The Morgan fingerprint density at radius 2 is 2.35 bits per heavy atom. The molecule has 0 aromatic carbocycles. The number of carbonyl (C=O) groups excluding carboxylic acids is 1. The smallest absolute Gasteiger partial charge is 0.233 e. The minimum absolute atomic E-state index is 0.170. The molecule has 0 saturated heterocycles. The molecule has 0 aliphatic rings.